The van der Waals surface area contributed by atoms with Crippen LogP contribution in [0, 0.1) is 5.92 Å². The Balaban J connectivity index is 1.42. The standard InChI is InChI=1S/C22H30N2O6S/c1-29-19-6-5-16-9-15(3-4-17(16)10-19)12-23-13-18(25)14-30-20-7-8-22(26)21(11-20)24-31(2,27)28/h5-8,10-11,15,18,23-26H,3-4,9,12-14H2,1-2H3/t15-,18-/m1/s1. The molecule has 3 rings (SSSR count). The molecular formula is C22H30N2O6S. The van der Waals surface area contributed by atoms with Crippen molar-refractivity contribution >= 4 is 15.7 Å². The summed E-state index contributed by atoms with van der Waals surface area (Å²) >= 11 is 0. The van der Waals surface area contributed by atoms with Crippen molar-refractivity contribution < 1.29 is 28.1 Å². The Bertz CT molecular complexity index is 995. The van der Waals surface area contributed by atoms with Gasteiger partial charge in [-0.25, -0.2) is 8.42 Å². The second-order valence-corrected chi connectivity index (χ2v) is 9.67. The van der Waals surface area contributed by atoms with Gasteiger partial charge in [-0.3, -0.25) is 4.72 Å². The Morgan fingerprint density at radius 3 is 2.68 bits per heavy atom. The lowest BCUT2D eigenvalue weighted by Crippen LogP contribution is -2.35. The zero-order valence-electron chi connectivity index (χ0n) is 17.8. The Labute approximate surface area is 183 Å². The van der Waals surface area contributed by atoms with Crippen LogP contribution in [0.5, 0.6) is 17.2 Å². The number of fused-ring (bicyclic) bond motifs is 1. The van der Waals surface area contributed by atoms with E-state index in [9.17, 15) is 18.6 Å². The van der Waals surface area contributed by atoms with Crippen LogP contribution in [-0.2, 0) is 22.9 Å². The van der Waals surface area contributed by atoms with E-state index in [1.807, 2.05) is 6.07 Å². The first kappa shape index (κ1) is 23.2. The van der Waals surface area contributed by atoms with E-state index in [1.54, 1.807) is 7.11 Å². The minimum atomic E-state index is -3.52. The molecule has 0 aliphatic heterocycles. The number of hydrogen-bond acceptors (Lipinski definition) is 7. The Morgan fingerprint density at radius 1 is 1.16 bits per heavy atom. The van der Waals surface area contributed by atoms with Crippen molar-refractivity contribution in [2.75, 3.05) is 37.8 Å². The third-order valence-corrected chi connectivity index (χ3v) is 5.85. The first-order valence-electron chi connectivity index (χ1n) is 10.2. The fourth-order valence-corrected chi connectivity index (χ4v) is 4.26. The molecule has 0 bridgehead atoms. The number of phenols is 1. The number of aryl methyl sites for hydroxylation is 1. The molecular weight excluding hydrogens is 420 g/mol. The van der Waals surface area contributed by atoms with Crippen LogP contribution in [0.4, 0.5) is 5.69 Å². The van der Waals surface area contributed by atoms with E-state index in [0.29, 0.717) is 18.2 Å². The lowest BCUT2D eigenvalue weighted by molar-refractivity contribution is 0.105. The zero-order valence-corrected chi connectivity index (χ0v) is 18.6. The molecule has 1 aliphatic carbocycles. The highest BCUT2D eigenvalue weighted by molar-refractivity contribution is 7.92. The molecule has 31 heavy (non-hydrogen) atoms. The van der Waals surface area contributed by atoms with Gasteiger partial charge in [0.1, 0.15) is 30.0 Å². The number of hydrogen-bond donors (Lipinski definition) is 4. The minimum Gasteiger partial charge on any atom is -0.506 e. The van der Waals surface area contributed by atoms with Gasteiger partial charge in [-0.2, -0.15) is 0 Å². The molecule has 0 saturated heterocycles. The number of methoxy groups -OCH3 is 1. The molecule has 9 heteroatoms. The summed E-state index contributed by atoms with van der Waals surface area (Å²) in [6, 6.07) is 10.5. The molecule has 0 heterocycles. The summed E-state index contributed by atoms with van der Waals surface area (Å²) in [7, 11) is -1.84. The fraction of sp³-hybridized carbons (Fsp3) is 0.455. The Kier molecular flexibility index (Phi) is 7.64. The van der Waals surface area contributed by atoms with E-state index in [4.69, 9.17) is 9.47 Å². The number of aliphatic hydroxyl groups excluding tert-OH is 1. The largest absolute Gasteiger partial charge is 0.506 e. The van der Waals surface area contributed by atoms with E-state index < -0.39 is 16.1 Å². The van der Waals surface area contributed by atoms with E-state index in [2.05, 4.69) is 22.2 Å². The number of aromatic hydroxyl groups is 1. The van der Waals surface area contributed by atoms with Crippen LogP contribution in [0.15, 0.2) is 36.4 Å². The lowest BCUT2D eigenvalue weighted by Gasteiger charge is -2.25. The molecule has 0 radical (unpaired) electrons. The summed E-state index contributed by atoms with van der Waals surface area (Å²) in [5.41, 5.74) is 2.74. The first-order chi connectivity index (χ1) is 14.7. The molecule has 0 saturated carbocycles. The van der Waals surface area contributed by atoms with Gasteiger partial charge in [0, 0.05) is 12.6 Å². The SMILES string of the molecule is COc1ccc2c(c1)CC[C@@H](CNC[C@@H](O)COc1ccc(O)c(NS(C)(=O)=O)c1)C2. The first-order valence-corrected chi connectivity index (χ1v) is 12.1. The molecule has 8 nitrogen and oxygen atoms in total. The van der Waals surface area contributed by atoms with Crippen molar-refractivity contribution in [2.24, 2.45) is 5.92 Å². The lowest BCUT2D eigenvalue weighted by atomic mass is 9.84. The number of ether oxygens (including phenoxy) is 2. The normalized spacial score (nSPS) is 16.9. The second-order valence-electron chi connectivity index (χ2n) is 7.92. The number of rotatable bonds is 10. The third-order valence-electron chi connectivity index (χ3n) is 5.26. The van der Waals surface area contributed by atoms with Gasteiger partial charge in [0.15, 0.2) is 0 Å². The van der Waals surface area contributed by atoms with Crippen LogP contribution >= 0.6 is 0 Å². The average Bonchev–Trinajstić information content (AvgIpc) is 2.73. The molecule has 2 atom stereocenters. The van der Waals surface area contributed by atoms with Crippen LogP contribution in [0.25, 0.3) is 0 Å². The number of nitrogens with one attached hydrogen (secondary N) is 2. The van der Waals surface area contributed by atoms with Gasteiger partial charge >= 0.3 is 0 Å². The second kappa shape index (κ2) is 10.2. The van der Waals surface area contributed by atoms with Crippen LogP contribution in [0.3, 0.4) is 0 Å². The number of anilines is 1. The van der Waals surface area contributed by atoms with Crippen LogP contribution in [0.2, 0.25) is 0 Å². The predicted molar refractivity (Wildman–Crippen MR) is 119 cm³/mol. The molecule has 0 amide bonds. The Hall–Kier alpha value is -2.49. The fourth-order valence-electron chi connectivity index (χ4n) is 3.70. The van der Waals surface area contributed by atoms with E-state index in [-0.39, 0.29) is 18.0 Å². The average molecular weight is 451 g/mol. The van der Waals surface area contributed by atoms with Crippen LogP contribution in [-0.4, -0.2) is 57.8 Å². The van der Waals surface area contributed by atoms with Gasteiger partial charge in [-0.15, -0.1) is 0 Å². The monoisotopic (exact) mass is 450 g/mol. The summed E-state index contributed by atoms with van der Waals surface area (Å²) in [4.78, 5) is 0. The van der Waals surface area contributed by atoms with Gasteiger partial charge in [-0.05, 0) is 67.1 Å². The van der Waals surface area contributed by atoms with Crippen molar-refractivity contribution in [1.82, 2.24) is 5.32 Å². The highest BCUT2D eigenvalue weighted by Gasteiger charge is 2.19. The maximum atomic E-state index is 11.4. The Morgan fingerprint density at radius 2 is 1.94 bits per heavy atom. The topological polar surface area (TPSA) is 117 Å². The highest BCUT2D eigenvalue weighted by Crippen LogP contribution is 2.29. The molecule has 0 aromatic heterocycles. The molecule has 1 aliphatic rings. The quantitative estimate of drug-likeness (QED) is 0.409. The number of benzene rings is 2. The maximum absolute atomic E-state index is 11.4. The van der Waals surface area contributed by atoms with E-state index in [0.717, 1.165) is 37.8 Å². The third kappa shape index (κ3) is 7.02. The van der Waals surface area contributed by atoms with Crippen molar-refractivity contribution in [3.63, 3.8) is 0 Å². The van der Waals surface area contributed by atoms with Crippen molar-refractivity contribution in [3.8, 4) is 17.2 Å². The maximum Gasteiger partial charge on any atom is 0.229 e. The van der Waals surface area contributed by atoms with Gasteiger partial charge in [0.25, 0.3) is 0 Å². The highest BCUT2D eigenvalue weighted by atomic mass is 32.2. The van der Waals surface area contributed by atoms with Gasteiger partial charge < -0.3 is 25.0 Å². The smallest absolute Gasteiger partial charge is 0.229 e. The van der Waals surface area contributed by atoms with Crippen LogP contribution < -0.4 is 19.5 Å². The predicted octanol–water partition coefficient (Wildman–Crippen LogP) is 1.91. The van der Waals surface area contributed by atoms with Gasteiger partial charge in [-0.1, -0.05) is 6.07 Å². The zero-order chi connectivity index (χ0) is 22.4. The summed E-state index contributed by atoms with van der Waals surface area (Å²) in [6.07, 6.45) is 3.39. The summed E-state index contributed by atoms with van der Waals surface area (Å²) in [5.74, 6) is 1.55. The van der Waals surface area contributed by atoms with Crippen molar-refractivity contribution in [1.29, 1.82) is 0 Å². The van der Waals surface area contributed by atoms with Gasteiger partial charge in [0.2, 0.25) is 10.0 Å². The number of phenolic OH excluding ortho intramolecular Hbond substituents is 1. The molecule has 4 N–H and O–H groups in total. The summed E-state index contributed by atoms with van der Waals surface area (Å²) in [6.45, 7) is 1.24. The van der Waals surface area contributed by atoms with Crippen molar-refractivity contribution in [2.45, 2.75) is 25.4 Å². The van der Waals surface area contributed by atoms with E-state index >= 15 is 0 Å². The molecule has 2 aromatic rings. The summed E-state index contributed by atoms with van der Waals surface area (Å²) in [5, 5.41) is 23.3. The molecule has 0 spiro atoms. The van der Waals surface area contributed by atoms with Gasteiger partial charge in [0.05, 0.1) is 19.1 Å². The molecule has 0 fully saturated rings. The van der Waals surface area contributed by atoms with E-state index in [1.165, 1.54) is 29.3 Å². The minimum absolute atomic E-state index is 0.0304. The molecule has 2 aromatic carbocycles. The summed E-state index contributed by atoms with van der Waals surface area (Å²) < 4.78 is 35.8. The molecule has 170 valence electrons. The molecule has 0 unspecified atom stereocenters. The number of sulfonamides is 1. The number of aliphatic hydroxyl groups is 1. The van der Waals surface area contributed by atoms with Crippen LogP contribution in [0.1, 0.15) is 17.5 Å². The van der Waals surface area contributed by atoms with Crippen molar-refractivity contribution in [3.05, 3.63) is 47.5 Å².